The molecule has 116 valence electrons. The van der Waals surface area contributed by atoms with Crippen LogP contribution in [0.15, 0.2) is 35.8 Å². The summed E-state index contributed by atoms with van der Waals surface area (Å²) in [5, 5.41) is 5.21. The lowest BCUT2D eigenvalue weighted by Crippen LogP contribution is -2.45. The van der Waals surface area contributed by atoms with Crippen LogP contribution in [0.2, 0.25) is 0 Å². The SMILES string of the molecule is CC[C@@H]1c2ccsc2CCN1C(=O)N[C@H](C)c1ccccn1. The molecule has 3 heterocycles. The highest BCUT2D eigenvalue weighted by Crippen LogP contribution is 2.35. The van der Waals surface area contributed by atoms with Gasteiger partial charge in [-0.3, -0.25) is 4.98 Å². The Morgan fingerprint density at radius 3 is 3.09 bits per heavy atom. The monoisotopic (exact) mass is 315 g/mol. The third-order valence-electron chi connectivity index (χ3n) is 4.21. The first-order chi connectivity index (χ1) is 10.7. The van der Waals surface area contributed by atoms with Gasteiger partial charge in [0, 0.05) is 17.6 Å². The molecule has 2 aromatic rings. The van der Waals surface area contributed by atoms with Crippen molar-refractivity contribution >= 4 is 17.4 Å². The van der Waals surface area contributed by atoms with E-state index in [0.717, 1.165) is 25.1 Å². The molecule has 22 heavy (non-hydrogen) atoms. The molecule has 1 N–H and O–H groups in total. The normalized spacial score (nSPS) is 18.6. The number of nitrogens with one attached hydrogen (secondary N) is 1. The zero-order valence-corrected chi connectivity index (χ0v) is 13.8. The van der Waals surface area contributed by atoms with Gasteiger partial charge in [-0.2, -0.15) is 0 Å². The Morgan fingerprint density at radius 2 is 2.36 bits per heavy atom. The molecule has 4 nitrogen and oxygen atoms in total. The number of amides is 2. The fraction of sp³-hybridized carbons (Fsp3) is 0.412. The average molecular weight is 315 g/mol. The second-order valence-corrected chi connectivity index (χ2v) is 6.59. The van der Waals surface area contributed by atoms with Crippen LogP contribution in [0.4, 0.5) is 4.79 Å². The fourth-order valence-corrected chi connectivity index (χ4v) is 3.98. The second kappa shape index (κ2) is 6.48. The van der Waals surface area contributed by atoms with Crippen LogP contribution in [0, 0.1) is 0 Å². The van der Waals surface area contributed by atoms with Crippen molar-refractivity contribution in [3.8, 4) is 0 Å². The van der Waals surface area contributed by atoms with Gasteiger partial charge in [-0.05, 0) is 48.9 Å². The molecule has 0 unspecified atom stereocenters. The Labute approximate surface area is 135 Å². The van der Waals surface area contributed by atoms with Gasteiger partial charge in [0.1, 0.15) is 0 Å². The van der Waals surface area contributed by atoms with Crippen LogP contribution in [-0.4, -0.2) is 22.5 Å². The standard InChI is InChI=1S/C17H21N3OS/c1-3-15-13-8-11-22-16(13)7-10-20(15)17(21)19-12(2)14-6-4-5-9-18-14/h4-6,8-9,11-12,15H,3,7,10H2,1-2H3,(H,19,21)/t12-,15-/m1/s1. The van der Waals surface area contributed by atoms with Crippen molar-refractivity contribution in [1.82, 2.24) is 15.2 Å². The van der Waals surface area contributed by atoms with Gasteiger partial charge in [0.25, 0.3) is 0 Å². The van der Waals surface area contributed by atoms with Crippen molar-refractivity contribution in [2.24, 2.45) is 0 Å². The summed E-state index contributed by atoms with van der Waals surface area (Å²) >= 11 is 1.80. The number of rotatable bonds is 3. The first-order valence-electron chi connectivity index (χ1n) is 7.75. The first-order valence-corrected chi connectivity index (χ1v) is 8.63. The Balaban J connectivity index is 1.72. The molecular formula is C17H21N3OS. The van der Waals surface area contributed by atoms with E-state index in [0.29, 0.717) is 0 Å². The summed E-state index contributed by atoms with van der Waals surface area (Å²) in [6.07, 6.45) is 3.65. The van der Waals surface area contributed by atoms with Crippen LogP contribution in [0.1, 0.15) is 48.5 Å². The molecule has 2 atom stereocenters. The maximum absolute atomic E-state index is 12.7. The molecule has 0 saturated carbocycles. The van der Waals surface area contributed by atoms with Crippen molar-refractivity contribution in [2.75, 3.05) is 6.54 Å². The van der Waals surface area contributed by atoms with E-state index in [9.17, 15) is 4.79 Å². The summed E-state index contributed by atoms with van der Waals surface area (Å²) in [5.41, 5.74) is 2.21. The number of pyridine rings is 1. The minimum atomic E-state index is -0.0879. The smallest absolute Gasteiger partial charge is 0.318 e. The number of aromatic nitrogens is 1. The highest BCUT2D eigenvalue weighted by Gasteiger charge is 2.30. The highest BCUT2D eigenvalue weighted by molar-refractivity contribution is 7.10. The fourth-order valence-electron chi connectivity index (χ4n) is 3.05. The maximum atomic E-state index is 12.7. The number of fused-ring (bicyclic) bond motifs is 1. The van der Waals surface area contributed by atoms with Gasteiger partial charge >= 0.3 is 6.03 Å². The average Bonchev–Trinajstić information content (AvgIpc) is 3.03. The number of urea groups is 1. The van der Waals surface area contributed by atoms with Crippen molar-refractivity contribution in [3.63, 3.8) is 0 Å². The highest BCUT2D eigenvalue weighted by atomic mass is 32.1. The van der Waals surface area contributed by atoms with Crippen LogP contribution in [0.25, 0.3) is 0 Å². The molecule has 1 aliphatic rings. The largest absolute Gasteiger partial charge is 0.330 e. The van der Waals surface area contributed by atoms with E-state index in [1.165, 1.54) is 10.4 Å². The molecule has 0 aromatic carbocycles. The van der Waals surface area contributed by atoms with Gasteiger partial charge in [-0.15, -0.1) is 11.3 Å². The first kappa shape index (κ1) is 15.0. The molecule has 0 aliphatic carbocycles. The van der Waals surface area contributed by atoms with E-state index >= 15 is 0 Å². The summed E-state index contributed by atoms with van der Waals surface area (Å²) in [4.78, 5) is 20.4. The van der Waals surface area contributed by atoms with Crippen molar-refractivity contribution in [1.29, 1.82) is 0 Å². The summed E-state index contributed by atoms with van der Waals surface area (Å²) in [7, 11) is 0. The maximum Gasteiger partial charge on any atom is 0.318 e. The number of hydrogen-bond acceptors (Lipinski definition) is 3. The van der Waals surface area contributed by atoms with E-state index in [-0.39, 0.29) is 18.1 Å². The van der Waals surface area contributed by atoms with Gasteiger partial charge in [0.15, 0.2) is 0 Å². The number of nitrogens with zero attached hydrogens (tertiary/aromatic N) is 2. The molecule has 2 aromatic heterocycles. The van der Waals surface area contributed by atoms with Gasteiger partial charge in [0.05, 0.1) is 17.8 Å². The van der Waals surface area contributed by atoms with E-state index in [1.54, 1.807) is 17.5 Å². The Hall–Kier alpha value is -1.88. The van der Waals surface area contributed by atoms with Gasteiger partial charge < -0.3 is 10.2 Å². The molecule has 0 fully saturated rings. The summed E-state index contributed by atoms with van der Waals surface area (Å²) in [5.74, 6) is 0. The second-order valence-electron chi connectivity index (χ2n) is 5.59. The molecule has 0 spiro atoms. The predicted molar refractivity (Wildman–Crippen MR) is 88.9 cm³/mol. The van der Waals surface area contributed by atoms with Crippen molar-refractivity contribution < 1.29 is 4.79 Å². The Kier molecular flexibility index (Phi) is 4.43. The van der Waals surface area contributed by atoms with Crippen molar-refractivity contribution in [2.45, 2.75) is 38.8 Å². The number of thiophene rings is 1. The lowest BCUT2D eigenvalue weighted by molar-refractivity contribution is 0.165. The van der Waals surface area contributed by atoms with Gasteiger partial charge in [-0.25, -0.2) is 4.79 Å². The molecule has 1 aliphatic heterocycles. The van der Waals surface area contributed by atoms with E-state index < -0.39 is 0 Å². The summed E-state index contributed by atoms with van der Waals surface area (Å²) in [6.45, 7) is 4.90. The topological polar surface area (TPSA) is 45.2 Å². The molecule has 5 heteroatoms. The summed E-state index contributed by atoms with van der Waals surface area (Å²) < 4.78 is 0. The Bertz CT molecular complexity index is 640. The molecule has 2 amide bonds. The zero-order chi connectivity index (χ0) is 15.5. The number of carbonyl (C=O) groups excluding carboxylic acids is 1. The molecular weight excluding hydrogens is 294 g/mol. The minimum absolute atomic E-state index is 0.00172. The van der Waals surface area contributed by atoms with Crippen LogP contribution >= 0.6 is 11.3 Å². The lowest BCUT2D eigenvalue weighted by atomic mass is 9.98. The van der Waals surface area contributed by atoms with E-state index in [2.05, 4.69) is 28.7 Å². The van der Waals surface area contributed by atoms with Crippen molar-refractivity contribution in [3.05, 3.63) is 52.0 Å². The number of carbonyl (C=O) groups is 1. The van der Waals surface area contributed by atoms with Crippen LogP contribution in [-0.2, 0) is 6.42 Å². The quantitative estimate of drug-likeness (QED) is 0.933. The minimum Gasteiger partial charge on any atom is -0.330 e. The predicted octanol–water partition coefficient (Wildman–Crippen LogP) is 3.92. The van der Waals surface area contributed by atoms with Crippen LogP contribution in [0.3, 0.4) is 0 Å². The van der Waals surface area contributed by atoms with Crippen LogP contribution in [0.5, 0.6) is 0 Å². The van der Waals surface area contributed by atoms with E-state index in [1.807, 2.05) is 30.0 Å². The third kappa shape index (κ3) is 2.86. The Morgan fingerprint density at radius 1 is 1.50 bits per heavy atom. The number of hydrogen-bond donors (Lipinski definition) is 1. The van der Waals surface area contributed by atoms with E-state index in [4.69, 9.17) is 0 Å². The molecule has 0 bridgehead atoms. The third-order valence-corrected chi connectivity index (χ3v) is 5.21. The van der Waals surface area contributed by atoms with Crippen LogP contribution < -0.4 is 5.32 Å². The van der Waals surface area contributed by atoms with Gasteiger partial charge in [0.2, 0.25) is 0 Å². The zero-order valence-electron chi connectivity index (χ0n) is 13.0. The molecule has 3 rings (SSSR count). The lowest BCUT2D eigenvalue weighted by Gasteiger charge is -2.36. The summed E-state index contributed by atoms with van der Waals surface area (Å²) in [6, 6.07) is 8.03. The van der Waals surface area contributed by atoms with Gasteiger partial charge in [-0.1, -0.05) is 13.0 Å². The molecule has 0 saturated heterocycles. The molecule has 0 radical (unpaired) electrons.